The van der Waals surface area contributed by atoms with Gasteiger partial charge in [-0.15, -0.1) is 0 Å². The Bertz CT molecular complexity index is 627. The van der Waals surface area contributed by atoms with Crippen LogP contribution in [0.15, 0.2) is 30.3 Å². The van der Waals surface area contributed by atoms with E-state index in [-0.39, 0.29) is 0 Å². The van der Waals surface area contributed by atoms with Crippen molar-refractivity contribution in [2.45, 2.75) is 13.0 Å². The first-order valence-electron chi connectivity index (χ1n) is 6.29. The molecule has 0 atom stereocenters. The lowest BCUT2D eigenvalue weighted by atomic mass is 10.1. The third kappa shape index (κ3) is 4.30. The van der Waals surface area contributed by atoms with Crippen molar-refractivity contribution in [3.63, 3.8) is 0 Å². The van der Waals surface area contributed by atoms with Crippen LogP contribution in [0, 0.1) is 11.6 Å². The molecule has 0 amide bonds. The van der Waals surface area contributed by atoms with Gasteiger partial charge in [0.05, 0.1) is 0 Å². The average Bonchev–Trinajstić information content (AvgIpc) is 2.42. The summed E-state index contributed by atoms with van der Waals surface area (Å²) in [6.07, 6.45) is 0.666. The smallest absolute Gasteiger partial charge is 0.187 e. The Kier molecular flexibility index (Phi) is 5.39. The summed E-state index contributed by atoms with van der Waals surface area (Å²) >= 11 is 11.9. The normalized spacial score (nSPS) is 10.9. The largest absolute Gasteiger partial charge is 0.503 e. The molecule has 2 N–H and O–H groups in total. The molecule has 112 valence electrons. The van der Waals surface area contributed by atoms with E-state index in [0.717, 1.165) is 17.7 Å². The van der Waals surface area contributed by atoms with Crippen molar-refractivity contribution < 1.29 is 13.9 Å². The van der Waals surface area contributed by atoms with Crippen molar-refractivity contribution in [2.75, 3.05) is 6.54 Å². The third-order valence-corrected chi connectivity index (χ3v) is 3.58. The van der Waals surface area contributed by atoms with Crippen LogP contribution in [0.5, 0.6) is 5.75 Å². The molecule has 0 aliphatic rings. The Hall–Kier alpha value is -1.36. The topological polar surface area (TPSA) is 32.3 Å². The first-order chi connectivity index (χ1) is 9.97. The first-order valence-corrected chi connectivity index (χ1v) is 7.04. The standard InChI is InChI=1S/C15H13Cl2F2NO/c16-11-2-1-10(12(17)7-11)3-4-20-8-9-5-13(18)15(21)14(19)6-9/h1-2,5-7,20-21H,3-4,8H2. The summed E-state index contributed by atoms with van der Waals surface area (Å²) in [7, 11) is 0. The van der Waals surface area contributed by atoms with Gasteiger partial charge in [-0.2, -0.15) is 0 Å². The fourth-order valence-corrected chi connectivity index (χ4v) is 2.40. The minimum Gasteiger partial charge on any atom is -0.503 e. The number of hydrogen-bond donors (Lipinski definition) is 2. The van der Waals surface area contributed by atoms with Crippen molar-refractivity contribution in [3.8, 4) is 5.75 Å². The molecular formula is C15H13Cl2F2NO. The van der Waals surface area contributed by atoms with Gasteiger partial charge in [-0.05, 0) is 48.4 Å². The van der Waals surface area contributed by atoms with E-state index in [1.165, 1.54) is 0 Å². The zero-order chi connectivity index (χ0) is 15.4. The SMILES string of the molecule is Oc1c(F)cc(CNCCc2ccc(Cl)cc2Cl)cc1F. The van der Waals surface area contributed by atoms with Crippen LogP contribution in [0.1, 0.15) is 11.1 Å². The molecule has 21 heavy (non-hydrogen) atoms. The van der Waals surface area contributed by atoms with Crippen LogP contribution in [-0.2, 0) is 13.0 Å². The summed E-state index contributed by atoms with van der Waals surface area (Å²) in [6.45, 7) is 0.880. The quantitative estimate of drug-likeness (QED) is 0.800. The number of halogens is 4. The Morgan fingerprint density at radius 2 is 1.71 bits per heavy atom. The first kappa shape index (κ1) is 16.0. The monoisotopic (exact) mass is 331 g/mol. The molecule has 0 fully saturated rings. The van der Waals surface area contributed by atoms with Crippen molar-refractivity contribution in [2.24, 2.45) is 0 Å². The number of nitrogens with one attached hydrogen (secondary N) is 1. The second-order valence-electron chi connectivity index (χ2n) is 4.57. The van der Waals surface area contributed by atoms with Gasteiger partial charge in [0.15, 0.2) is 17.4 Å². The van der Waals surface area contributed by atoms with Gasteiger partial charge in [0.25, 0.3) is 0 Å². The van der Waals surface area contributed by atoms with Gasteiger partial charge < -0.3 is 10.4 Å². The van der Waals surface area contributed by atoms with Crippen LogP contribution in [0.2, 0.25) is 10.0 Å². The second kappa shape index (κ2) is 7.07. The lowest BCUT2D eigenvalue weighted by molar-refractivity contribution is 0.395. The van der Waals surface area contributed by atoms with Crippen molar-refractivity contribution in [1.29, 1.82) is 0 Å². The zero-order valence-electron chi connectivity index (χ0n) is 11.0. The van der Waals surface area contributed by atoms with Crippen LogP contribution >= 0.6 is 23.2 Å². The highest BCUT2D eigenvalue weighted by Crippen LogP contribution is 2.22. The second-order valence-corrected chi connectivity index (χ2v) is 5.41. The zero-order valence-corrected chi connectivity index (χ0v) is 12.5. The maximum atomic E-state index is 13.2. The van der Waals surface area contributed by atoms with Crippen LogP contribution in [0.3, 0.4) is 0 Å². The summed E-state index contributed by atoms with van der Waals surface area (Å²) in [5.74, 6) is -2.88. The predicted octanol–water partition coefficient (Wildman–Crippen LogP) is 4.31. The summed E-state index contributed by atoms with van der Waals surface area (Å²) in [6, 6.07) is 7.46. The van der Waals surface area contributed by atoms with Gasteiger partial charge in [-0.25, -0.2) is 8.78 Å². The van der Waals surface area contributed by atoms with E-state index in [0.29, 0.717) is 35.1 Å². The van der Waals surface area contributed by atoms with E-state index < -0.39 is 17.4 Å². The minimum atomic E-state index is -0.965. The molecule has 2 rings (SSSR count). The van der Waals surface area contributed by atoms with E-state index in [1.807, 2.05) is 6.07 Å². The van der Waals surface area contributed by atoms with Crippen LogP contribution in [-0.4, -0.2) is 11.7 Å². The number of phenols is 1. The molecule has 0 radical (unpaired) electrons. The van der Waals surface area contributed by atoms with E-state index >= 15 is 0 Å². The fraction of sp³-hybridized carbons (Fsp3) is 0.200. The summed E-state index contributed by atoms with van der Waals surface area (Å²) in [5, 5.41) is 13.2. The predicted molar refractivity (Wildman–Crippen MR) is 79.9 cm³/mol. The van der Waals surface area contributed by atoms with Gasteiger partial charge in [0.2, 0.25) is 0 Å². The van der Waals surface area contributed by atoms with Crippen LogP contribution in [0.25, 0.3) is 0 Å². The van der Waals surface area contributed by atoms with Gasteiger partial charge >= 0.3 is 0 Å². The maximum Gasteiger partial charge on any atom is 0.187 e. The highest BCUT2D eigenvalue weighted by Gasteiger charge is 2.09. The Balaban J connectivity index is 1.87. The molecule has 0 aromatic heterocycles. The Morgan fingerprint density at radius 3 is 2.33 bits per heavy atom. The number of rotatable bonds is 5. The molecule has 0 saturated carbocycles. The van der Waals surface area contributed by atoms with Crippen LogP contribution < -0.4 is 5.32 Å². The average molecular weight is 332 g/mol. The summed E-state index contributed by atoms with van der Waals surface area (Å²) < 4.78 is 26.3. The molecule has 0 aliphatic carbocycles. The van der Waals surface area contributed by atoms with Gasteiger partial charge in [0.1, 0.15) is 0 Å². The fourth-order valence-electron chi connectivity index (χ4n) is 1.90. The summed E-state index contributed by atoms with van der Waals surface area (Å²) in [4.78, 5) is 0. The van der Waals surface area contributed by atoms with Gasteiger partial charge in [0, 0.05) is 16.6 Å². The van der Waals surface area contributed by atoms with E-state index in [4.69, 9.17) is 28.3 Å². The van der Waals surface area contributed by atoms with Crippen LogP contribution in [0.4, 0.5) is 8.78 Å². The molecule has 2 nitrogen and oxygen atoms in total. The third-order valence-electron chi connectivity index (χ3n) is 2.99. The minimum absolute atomic E-state index is 0.291. The maximum absolute atomic E-state index is 13.2. The molecule has 2 aromatic rings. The van der Waals surface area contributed by atoms with Gasteiger partial charge in [-0.3, -0.25) is 0 Å². The van der Waals surface area contributed by atoms with Gasteiger partial charge in [-0.1, -0.05) is 29.3 Å². The number of phenolic OH excluding ortho intramolecular Hbond substituents is 1. The molecule has 0 spiro atoms. The Morgan fingerprint density at radius 1 is 1.05 bits per heavy atom. The molecule has 2 aromatic carbocycles. The molecular weight excluding hydrogens is 319 g/mol. The molecule has 0 bridgehead atoms. The van der Waals surface area contributed by atoms with E-state index in [9.17, 15) is 8.78 Å². The lowest BCUT2D eigenvalue weighted by Gasteiger charge is -2.08. The molecule has 6 heteroatoms. The highest BCUT2D eigenvalue weighted by molar-refractivity contribution is 6.35. The summed E-state index contributed by atoms with van der Waals surface area (Å²) in [5.41, 5.74) is 1.36. The van der Waals surface area contributed by atoms with E-state index in [1.54, 1.807) is 12.1 Å². The molecule has 0 aliphatic heterocycles. The Labute approximate surface area is 131 Å². The van der Waals surface area contributed by atoms with E-state index in [2.05, 4.69) is 5.32 Å². The number of aromatic hydroxyl groups is 1. The molecule has 0 unspecified atom stereocenters. The molecule has 0 saturated heterocycles. The number of hydrogen-bond acceptors (Lipinski definition) is 2. The molecule has 0 heterocycles. The van der Waals surface area contributed by atoms with Crippen molar-refractivity contribution >= 4 is 23.2 Å². The lowest BCUT2D eigenvalue weighted by Crippen LogP contribution is -2.17. The highest BCUT2D eigenvalue weighted by atomic mass is 35.5. The van der Waals surface area contributed by atoms with Crippen molar-refractivity contribution in [3.05, 3.63) is 63.1 Å². The number of benzene rings is 2. The van der Waals surface area contributed by atoms with Crippen molar-refractivity contribution in [1.82, 2.24) is 5.32 Å².